The summed E-state index contributed by atoms with van der Waals surface area (Å²) in [7, 11) is 0. The Labute approximate surface area is 259 Å². The van der Waals surface area contributed by atoms with Gasteiger partial charge in [0.1, 0.15) is 0 Å². The summed E-state index contributed by atoms with van der Waals surface area (Å²) in [5.74, 6) is 0. The summed E-state index contributed by atoms with van der Waals surface area (Å²) in [4.78, 5) is 1.32. The highest BCUT2D eigenvalue weighted by Gasteiger charge is 2.15. The first-order valence-electron chi connectivity index (χ1n) is 14.5. The quantitative estimate of drug-likeness (QED) is 0.186. The Kier molecular flexibility index (Phi) is 5.00. The maximum Gasteiger partial charge on any atom is 0.0542 e. The summed E-state index contributed by atoms with van der Waals surface area (Å²) in [6.45, 7) is 0. The highest BCUT2D eigenvalue weighted by atomic mass is 32.1. The van der Waals surface area contributed by atoms with Gasteiger partial charge in [-0.2, -0.15) is 0 Å². The fraction of sp³-hybridized carbons (Fsp3) is 0. The van der Waals surface area contributed by atoms with E-state index in [1.807, 2.05) is 34.0 Å². The Morgan fingerprint density at radius 2 is 0.860 bits per heavy atom. The van der Waals surface area contributed by atoms with Crippen molar-refractivity contribution in [2.75, 3.05) is 0 Å². The van der Waals surface area contributed by atoms with E-state index < -0.39 is 0 Å². The summed E-state index contributed by atoms with van der Waals surface area (Å²) < 4.78 is 6.93. The molecule has 3 aromatic heterocycles. The molecule has 3 heteroatoms. The maximum absolute atomic E-state index is 2.41. The van der Waals surface area contributed by atoms with Crippen LogP contribution in [-0.2, 0) is 0 Å². The Balaban J connectivity index is 1.08. The van der Waals surface area contributed by atoms with Crippen LogP contribution in [0.15, 0.2) is 133 Å². The SMILES string of the molecule is c1ccc(-c2ccc3cc4sc(-c5ccc6cc7c(cc6c5)sc5c6cc8ccccc8cc6sc75)cc4cc3c2)cc1. The number of fused-ring (bicyclic) bond motifs is 9. The van der Waals surface area contributed by atoms with Crippen molar-refractivity contribution in [2.45, 2.75) is 0 Å². The molecule has 0 saturated heterocycles. The second-order valence-electron chi connectivity index (χ2n) is 11.4. The average Bonchev–Trinajstić information content (AvgIpc) is 3.73. The standard InChI is InChI=1S/C40H22S3/c1-2-6-23(7-3-1)26-10-11-28-19-36-32(16-30(28)14-26)22-35(41-36)29-13-12-27-18-34-38(21-31(27)15-29)43-39-33-17-24-8-4-5-9-25(24)20-37(33)42-40(34)39/h1-22H. The predicted molar refractivity (Wildman–Crippen MR) is 193 cm³/mol. The van der Waals surface area contributed by atoms with Crippen LogP contribution >= 0.6 is 34.0 Å². The molecule has 7 aromatic carbocycles. The van der Waals surface area contributed by atoms with Crippen LogP contribution in [-0.4, -0.2) is 0 Å². The molecule has 0 radical (unpaired) electrons. The highest BCUT2D eigenvalue weighted by Crippen LogP contribution is 2.47. The molecular weight excluding hydrogens is 577 g/mol. The second kappa shape index (κ2) is 8.98. The van der Waals surface area contributed by atoms with E-state index in [9.17, 15) is 0 Å². The van der Waals surface area contributed by atoms with Crippen molar-refractivity contribution in [1.29, 1.82) is 0 Å². The zero-order valence-corrected chi connectivity index (χ0v) is 25.4. The minimum absolute atomic E-state index is 1.26. The fourth-order valence-electron chi connectivity index (χ4n) is 6.58. The van der Waals surface area contributed by atoms with Crippen LogP contribution in [0, 0.1) is 0 Å². The van der Waals surface area contributed by atoms with Gasteiger partial charge < -0.3 is 0 Å². The molecule has 0 fully saturated rings. The van der Waals surface area contributed by atoms with Crippen molar-refractivity contribution in [3.63, 3.8) is 0 Å². The lowest BCUT2D eigenvalue weighted by atomic mass is 10.0. The van der Waals surface area contributed by atoms with Gasteiger partial charge in [0.25, 0.3) is 0 Å². The van der Waals surface area contributed by atoms with Gasteiger partial charge in [0, 0.05) is 29.7 Å². The molecule has 200 valence electrons. The third-order valence-corrected chi connectivity index (χ3v) is 12.4. The van der Waals surface area contributed by atoms with E-state index in [-0.39, 0.29) is 0 Å². The van der Waals surface area contributed by atoms with E-state index in [4.69, 9.17) is 0 Å². The molecule has 0 N–H and O–H groups in total. The van der Waals surface area contributed by atoms with E-state index in [2.05, 4.69) is 133 Å². The van der Waals surface area contributed by atoms with Crippen molar-refractivity contribution in [3.8, 4) is 21.6 Å². The molecule has 10 aromatic rings. The van der Waals surface area contributed by atoms with Gasteiger partial charge in [-0.1, -0.05) is 78.9 Å². The summed E-state index contributed by atoms with van der Waals surface area (Å²) in [6, 6.07) is 49.8. The van der Waals surface area contributed by atoms with Crippen molar-refractivity contribution in [2.24, 2.45) is 0 Å². The molecule has 0 atom stereocenters. The largest absolute Gasteiger partial charge is 0.135 e. The van der Waals surface area contributed by atoms with Gasteiger partial charge in [-0.25, -0.2) is 0 Å². The molecule has 0 saturated carbocycles. The van der Waals surface area contributed by atoms with E-state index in [1.165, 1.54) is 93.5 Å². The van der Waals surface area contributed by atoms with E-state index in [0.29, 0.717) is 0 Å². The van der Waals surface area contributed by atoms with Gasteiger partial charge in [-0.05, 0) is 109 Å². The lowest BCUT2D eigenvalue weighted by molar-refractivity contribution is 1.65. The number of hydrogen-bond donors (Lipinski definition) is 0. The van der Waals surface area contributed by atoms with Crippen LogP contribution in [0.2, 0.25) is 0 Å². The number of thiophene rings is 3. The highest BCUT2D eigenvalue weighted by molar-refractivity contribution is 7.36. The zero-order valence-electron chi connectivity index (χ0n) is 22.9. The molecule has 0 aliphatic carbocycles. The zero-order chi connectivity index (χ0) is 28.1. The van der Waals surface area contributed by atoms with E-state index >= 15 is 0 Å². The molecule has 0 aliphatic rings. The Morgan fingerprint density at radius 1 is 0.302 bits per heavy atom. The minimum Gasteiger partial charge on any atom is -0.135 e. The lowest BCUT2D eigenvalue weighted by Crippen LogP contribution is -1.78. The fourth-order valence-corrected chi connectivity index (χ4v) is 10.4. The molecule has 10 rings (SSSR count). The normalized spacial score (nSPS) is 12.2. The number of benzene rings is 7. The summed E-state index contributed by atoms with van der Waals surface area (Å²) in [6.07, 6.45) is 0. The molecule has 0 unspecified atom stereocenters. The van der Waals surface area contributed by atoms with Crippen LogP contribution in [0.1, 0.15) is 0 Å². The van der Waals surface area contributed by atoms with Crippen molar-refractivity contribution >= 4 is 106 Å². The van der Waals surface area contributed by atoms with Crippen LogP contribution in [0.25, 0.3) is 93.5 Å². The predicted octanol–water partition coefficient (Wildman–Crippen LogP) is 13.3. The first-order chi connectivity index (χ1) is 21.2. The summed E-state index contributed by atoms with van der Waals surface area (Å²) in [5.41, 5.74) is 3.81. The van der Waals surface area contributed by atoms with Gasteiger partial charge in [-0.3, -0.25) is 0 Å². The topological polar surface area (TPSA) is 0 Å². The van der Waals surface area contributed by atoms with Crippen LogP contribution < -0.4 is 0 Å². The van der Waals surface area contributed by atoms with Crippen LogP contribution in [0.3, 0.4) is 0 Å². The van der Waals surface area contributed by atoms with Gasteiger partial charge in [0.05, 0.1) is 9.40 Å². The van der Waals surface area contributed by atoms with Crippen LogP contribution in [0.5, 0.6) is 0 Å². The molecule has 3 heterocycles. The minimum atomic E-state index is 1.26. The molecule has 0 amide bonds. The average molecular weight is 599 g/mol. The van der Waals surface area contributed by atoms with Gasteiger partial charge in [0.2, 0.25) is 0 Å². The molecule has 0 aliphatic heterocycles. The molecular formula is C40H22S3. The lowest BCUT2D eigenvalue weighted by Gasteiger charge is -2.04. The smallest absolute Gasteiger partial charge is 0.0542 e. The monoisotopic (exact) mass is 598 g/mol. The Morgan fingerprint density at radius 3 is 1.63 bits per heavy atom. The molecule has 43 heavy (non-hydrogen) atoms. The summed E-state index contributed by atoms with van der Waals surface area (Å²) in [5, 5.41) is 11.9. The van der Waals surface area contributed by atoms with Crippen molar-refractivity contribution in [3.05, 3.63) is 133 Å². The van der Waals surface area contributed by atoms with E-state index in [0.717, 1.165) is 0 Å². The third kappa shape index (κ3) is 3.72. The molecule has 0 spiro atoms. The molecule has 0 nitrogen and oxygen atoms in total. The van der Waals surface area contributed by atoms with Crippen molar-refractivity contribution < 1.29 is 0 Å². The van der Waals surface area contributed by atoms with Crippen molar-refractivity contribution in [1.82, 2.24) is 0 Å². The van der Waals surface area contributed by atoms with Gasteiger partial charge >= 0.3 is 0 Å². The maximum atomic E-state index is 2.41. The number of rotatable bonds is 2. The number of hydrogen-bond acceptors (Lipinski definition) is 3. The Bertz CT molecular complexity index is 2720. The molecule has 0 bridgehead atoms. The van der Waals surface area contributed by atoms with Gasteiger partial charge in [0.15, 0.2) is 0 Å². The van der Waals surface area contributed by atoms with E-state index in [1.54, 1.807) is 0 Å². The third-order valence-electron chi connectivity index (χ3n) is 8.77. The second-order valence-corrected chi connectivity index (χ2v) is 14.6. The first-order valence-corrected chi connectivity index (χ1v) is 16.9. The van der Waals surface area contributed by atoms with Crippen LogP contribution in [0.4, 0.5) is 0 Å². The van der Waals surface area contributed by atoms with Gasteiger partial charge in [-0.15, -0.1) is 34.0 Å². The first kappa shape index (κ1) is 24.0. The Hall–Kier alpha value is -4.54. The summed E-state index contributed by atoms with van der Waals surface area (Å²) >= 11 is 5.77.